The maximum absolute atomic E-state index is 6.71. The lowest BCUT2D eigenvalue weighted by atomic mass is 10.1. The number of rotatable bonds is 8. The molecule has 0 saturated carbocycles. The average Bonchev–Trinajstić information content (AvgIpc) is 3.12. The van der Waals surface area contributed by atoms with Crippen LogP contribution in [0.2, 0.25) is 58.9 Å². The fourth-order valence-electron chi connectivity index (χ4n) is 3.72. The van der Waals surface area contributed by atoms with Gasteiger partial charge in [-0.15, -0.1) is 0 Å². The molecule has 3 heterocycles. The first-order valence-electron chi connectivity index (χ1n) is 11.2. The summed E-state index contributed by atoms with van der Waals surface area (Å²) in [6.45, 7) is 21.9. The van der Waals surface area contributed by atoms with Crippen molar-refractivity contribution in [3.05, 3.63) is 12.2 Å². The minimum atomic E-state index is -1.94. The van der Waals surface area contributed by atoms with Gasteiger partial charge in [0.1, 0.15) is 29.7 Å². The van der Waals surface area contributed by atoms with Crippen molar-refractivity contribution in [2.24, 2.45) is 0 Å². The number of hydrogen-bond donors (Lipinski definition) is 1. The summed E-state index contributed by atoms with van der Waals surface area (Å²) in [7, 11) is -5.58. The lowest BCUT2D eigenvalue weighted by Crippen LogP contribution is -2.48. The van der Waals surface area contributed by atoms with E-state index in [1.165, 1.54) is 0 Å². The second kappa shape index (κ2) is 8.89. The summed E-state index contributed by atoms with van der Waals surface area (Å²) in [5.41, 5.74) is 7.32. The Morgan fingerprint density at radius 1 is 0.938 bits per heavy atom. The number of hydrogen-bond acceptors (Lipinski definition) is 8. The number of aromatic nitrogens is 4. The number of imidazole rings is 1. The lowest BCUT2D eigenvalue weighted by molar-refractivity contribution is -0.0457. The summed E-state index contributed by atoms with van der Waals surface area (Å²) in [5, 5.41) is 0. The first-order valence-corrected chi connectivity index (χ1v) is 21.4. The van der Waals surface area contributed by atoms with E-state index in [9.17, 15) is 0 Å². The van der Waals surface area contributed by atoms with E-state index in [2.05, 4.69) is 73.9 Å². The van der Waals surface area contributed by atoms with Gasteiger partial charge in [-0.05, 0) is 65.8 Å². The minimum absolute atomic E-state index is 0.243. The maximum Gasteiger partial charge on any atom is 0.184 e. The number of ether oxygens (including phenoxy) is 1. The molecule has 2 aromatic rings. The Hall–Kier alpha value is -1.16. The van der Waals surface area contributed by atoms with E-state index in [0.29, 0.717) is 29.4 Å². The molecule has 1 fully saturated rings. The van der Waals surface area contributed by atoms with Gasteiger partial charge in [-0.25, -0.2) is 15.0 Å². The molecule has 12 heteroatoms. The summed E-state index contributed by atoms with van der Waals surface area (Å²) in [5.74, 6) is 0.950. The van der Waals surface area contributed by atoms with Crippen molar-refractivity contribution >= 4 is 41.9 Å². The van der Waals surface area contributed by atoms with Gasteiger partial charge in [0.05, 0.1) is 12.9 Å². The highest BCUT2D eigenvalue weighted by Crippen LogP contribution is 2.38. The molecule has 32 heavy (non-hydrogen) atoms. The van der Waals surface area contributed by atoms with Gasteiger partial charge in [-0.2, -0.15) is 0 Å². The molecule has 3 rings (SSSR count). The zero-order valence-corrected chi connectivity index (χ0v) is 24.1. The van der Waals surface area contributed by atoms with Crippen LogP contribution < -0.4 is 5.73 Å². The van der Waals surface area contributed by atoms with Gasteiger partial charge in [-0.3, -0.25) is 4.57 Å². The third kappa shape index (κ3) is 6.24. The van der Waals surface area contributed by atoms with Crippen molar-refractivity contribution in [2.45, 2.75) is 90.4 Å². The zero-order valence-electron chi connectivity index (χ0n) is 21.1. The smallest absolute Gasteiger partial charge is 0.184 e. The van der Waals surface area contributed by atoms with Gasteiger partial charge in [0.25, 0.3) is 0 Å². The molecule has 0 amide bonds. The van der Waals surface area contributed by atoms with Crippen molar-refractivity contribution in [3.8, 4) is 0 Å². The average molecular weight is 498 g/mol. The van der Waals surface area contributed by atoms with Crippen molar-refractivity contribution in [1.82, 2.24) is 19.5 Å². The van der Waals surface area contributed by atoms with Crippen molar-refractivity contribution in [1.29, 1.82) is 0 Å². The molecule has 9 nitrogen and oxygen atoms in total. The molecule has 0 radical (unpaired) electrons. The molecular formula is C20H39N5O4Si3. The third-order valence-corrected chi connectivity index (χ3v) is 7.77. The van der Waals surface area contributed by atoms with Crippen LogP contribution in [0.4, 0.5) is 5.82 Å². The minimum Gasteiger partial charge on any atom is -0.415 e. The number of nitrogens with zero attached hydrogens (tertiary/aromatic N) is 4. The van der Waals surface area contributed by atoms with E-state index >= 15 is 0 Å². The topological polar surface area (TPSA) is 107 Å². The molecule has 2 aromatic heterocycles. The van der Waals surface area contributed by atoms with E-state index in [-0.39, 0.29) is 18.3 Å². The summed E-state index contributed by atoms with van der Waals surface area (Å²) in [6.07, 6.45) is 0.466. The summed E-state index contributed by atoms with van der Waals surface area (Å²) in [4.78, 5) is 13.3. The largest absolute Gasteiger partial charge is 0.415 e. The highest BCUT2D eigenvalue weighted by Gasteiger charge is 2.50. The molecule has 4 atom stereocenters. The van der Waals surface area contributed by atoms with Crippen LogP contribution in [0, 0.1) is 6.92 Å². The van der Waals surface area contributed by atoms with Crippen LogP contribution in [0.15, 0.2) is 6.33 Å². The Balaban J connectivity index is 2.06. The monoisotopic (exact) mass is 497 g/mol. The quantitative estimate of drug-likeness (QED) is 0.547. The Morgan fingerprint density at radius 3 is 2.09 bits per heavy atom. The van der Waals surface area contributed by atoms with E-state index in [4.69, 9.17) is 23.7 Å². The van der Waals surface area contributed by atoms with Gasteiger partial charge in [-0.1, -0.05) is 0 Å². The van der Waals surface area contributed by atoms with Gasteiger partial charge in [0.2, 0.25) is 0 Å². The highest BCUT2D eigenvalue weighted by molar-refractivity contribution is 6.70. The van der Waals surface area contributed by atoms with Crippen LogP contribution in [0.25, 0.3) is 11.2 Å². The van der Waals surface area contributed by atoms with Crippen LogP contribution in [0.3, 0.4) is 0 Å². The second-order valence-electron chi connectivity index (χ2n) is 11.4. The third-order valence-electron chi connectivity index (χ3n) is 4.78. The van der Waals surface area contributed by atoms with Gasteiger partial charge >= 0.3 is 0 Å². The van der Waals surface area contributed by atoms with E-state index < -0.39 is 31.2 Å². The van der Waals surface area contributed by atoms with Gasteiger partial charge < -0.3 is 23.7 Å². The number of nitrogens with two attached hydrogens (primary N) is 1. The van der Waals surface area contributed by atoms with Crippen LogP contribution in [-0.2, 0) is 18.0 Å². The number of nitrogen functional groups attached to an aromatic ring is 1. The van der Waals surface area contributed by atoms with Gasteiger partial charge in [0, 0.05) is 0 Å². The van der Waals surface area contributed by atoms with Crippen molar-refractivity contribution in [2.75, 3.05) is 12.3 Å². The summed E-state index contributed by atoms with van der Waals surface area (Å²) >= 11 is 0. The van der Waals surface area contributed by atoms with Crippen LogP contribution in [-0.4, -0.2) is 69.4 Å². The first-order chi connectivity index (χ1) is 14.5. The van der Waals surface area contributed by atoms with E-state index in [1.54, 1.807) is 6.33 Å². The fourth-order valence-corrected chi connectivity index (χ4v) is 6.55. The molecular weight excluding hydrogens is 459 g/mol. The normalized spacial score (nSPS) is 25.1. The molecule has 180 valence electrons. The number of anilines is 1. The predicted octanol–water partition coefficient (Wildman–Crippen LogP) is 3.91. The molecule has 0 spiro atoms. The molecule has 2 N–H and O–H groups in total. The Kier molecular flexibility index (Phi) is 7.07. The number of aryl methyl sites for hydroxylation is 1. The van der Waals surface area contributed by atoms with E-state index in [0.717, 1.165) is 0 Å². The number of fused-ring (bicyclic) bond motifs is 1. The van der Waals surface area contributed by atoms with Gasteiger partial charge in [0.15, 0.2) is 42.6 Å². The van der Waals surface area contributed by atoms with Crippen molar-refractivity contribution < 1.29 is 18.0 Å². The molecule has 0 aromatic carbocycles. The van der Waals surface area contributed by atoms with Crippen molar-refractivity contribution in [3.63, 3.8) is 0 Å². The summed E-state index contributed by atoms with van der Waals surface area (Å²) < 4.78 is 28.2. The molecule has 0 aliphatic carbocycles. The molecule has 0 bridgehead atoms. The molecule has 1 saturated heterocycles. The molecule has 1 aliphatic rings. The fraction of sp³-hybridized carbons (Fsp3) is 0.750. The second-order valence-corrected chi connectivity index (χ2v) is 24.8. The Bertz CT molecular complexity index is 952. The molecule has 1 aliphatic heterocycles. The Labute approximate surface area is 194 Å². The maximum atomic E-state index is 6.71. The van der Waals surface area contributed by atoms with E-state index in [1.807, 2.05) is 11.5 Å². The Morgan fingerprint density at radius 2 is 1.53 bits per heavy atom. The lowest BCUT2D eigenvalue weighted by Gasteiger charge is -2.34. The SMILES string of the molecule is Cc1nc(N)c2ncn([C@@H]3O[C@H](CO[Si](C)(C)C)[C@@H](O[Si](C)(C)C)[C@H]3O[Si](C)(C)C)c2n1. The van der Waals surface area contributed by atoms with Crippen LogP contribution >= 0.6 is 0 Å². The van der Waals surface area contributed by atoms with Crippen LogP contribution in [0.5, 0.6) is 0 Å². The highest BCUT2D eigenvalue weighted by atomic mass is 28.4. The predicted molar refractivity (Wildman–Crippen MR) is 134 cm³/mol. The van der Waals surface area contributed by atoms with Crippen LogP contribution in [0.1, 0.15) is 12.1 Å². The summed E-state index contributed by atoms with van der Waals surface area (Å²) in [6, 6.07) is 0. The first kappa shape index (κ1) is 25.5. The zero-order chi connectivity index (χ0) is 24.1. The molecule has 0 unspecified atom stereocenters. The standard InChI is InChI=1S/C20H39N5O4Si3/c1-13-23-18(21)15-19(24-13)25(12-22-15)20-17(29-32(8,9)10)16(28-31(5,6)7)14(27-20)11-26-30(2,3)4/h12,14,16-17,20H,11H2,1-10H3,(H2,21,23,24)/t14-,16-,17-,20-/m1/s1.